The Hall–Kier alpha value is -2.66. The predicted octanol–water partition coefficient (Wildman–Crippen LogP) is 16.3. The molecule has 0 radical (unpaired) electrons. The van der Waals surface area contributed by atoms with Crippen LogP contribution in [-0.4, -0.2) is 37.9 Å². The Bertz CT molecular complexity index is 1050. The van der Waals surface area contributed by atoms with E-state index in [-0.39, 0.29) is 25.2 Å². The second kappa shape index (κ2) is 48.7. The van der Waals surface area contributed by atoms with Crippen molar-refractivity contribution in [3.63, 3.8) is 0 Å². The minimum absolute atomic E-state index is 0.0512. The first-order valence-electron chi connectivity index (χ1n) is 24.5. The lowest BCUT2D eigenvalue weighted by Gasteiger charge is -2.18. The van der Waals surface area contributed by atoms with Crippen LogP contribution in [0.3, 0.4) is 0 Å². The summed E-state index contributed by atoms with van der Waals surface area (Å²) in [6, 6.07) is 0. The number of unbranched alkanes of at least 4 members (excludes halogenated alkanes) is 21. The number of hydrogen-bond donors (Lipinski definition) is 0. The molecule has 1 unspecified atom stereocenters. The average Bonchev–Trinajstić information content (AvgIpc) is 3.22. The summed E-state index contributed by atoms with van der Waals surface area (Å²) in [5.74, 6) is -0.446. The first kappa shape index (κ1) is 55.3. The Morgan fingerprint density at radius 1 is 0.397 bits per heavy atom. The highest BCUT2D eigenvalue weighted by Gasteiger charge is 2.17. The van der Waals surface area contributed by atoms with Crippen molar-refractivity contribution in [1.29, 1.82) is 0 Å². The van der Waals surface area contributed by atoms with Crippen LogP contribution in [0.4, 0.5) is 0 Å². The van der Waals surface area contributed by atoms with E-state index in [1.165, 1.54) is 116 Å². The Kier molecular flexibility index (Phi) is 46.5. The molecule has 0 aliphatic heterocycles. The van der Waals surface area contributed by atoms with Gasteiger partial charge in [0.15, 0.2) is 6.10 Å². The second-order valence-electron chi connectivity index (χ2n) is 16.0. The molecule has 0 spiro atoms. The molecular weight excluding hydrogens is 717 g/mol. The zero-order valence-electron chi connectivity index (χ0n) is 38.3. The molecule has 0 fully saturated rings. The van der Waals surface area contributed by atoms with Gasteiger partial charge in [-0.25, -0.2) is 0 Å². The van der Waals surface area contributed by atoms with Gasteiger partial charge in [-0.1, -0.05) is 209 Å². The quantitative estimate of drug-likeness (QED) is 0.0348. The van der Waals surface area contributed by atoms with E-state index >= 15 is 0 Å². The molecule has 1 atom stereocenters. The molecule has 0 aliphatic rings. The normalized spacial score (nSPS) is 12.8. The molecule has 0 aromatic heterocycles. The van der Waals surface area contributed by atoms with Gasteiger partial charge in [0, 0.05) is 12.8 Å². The Balaban J connectivity index is 4.37. The van der Waals surface area contributed by atoms with Crippen molar-refractivity contribution in [3.05, 3.63) is 72.9 Å². The van der Waals surface area contributed by atoms with Crippen LogP contribution < -0.4 is 0 Å². The zero-order chi connectivity index (χ0) is 42.1. The summed E-state index contributed by atoms with van der Waals surface area (Å²) in [6.45, 7) is 7.49. The molecule has 0 aliphatic carbocycles. The maximum Gasteiger partial charge on any atom is 0.306 e. The monoisotopic (exact) mass is 809 g/mol. The molecule has 0 N–H and O–H groups in total. The molecular formula is C53H92O5. The number of carbonyl (C=O) groups excluding carboxylic acids is 2. The third kappa shape index (κ3) is 46.0. The lowest BCUT2D eigenvalue weighted by Crippen LogP contribution is -2.30. The molecule has 0 bridgehead atoms. The molecule has 334 valence electrons. The fraction of sp³-hybridized carbons (Fsp3) is 0.736. The lowest BCUT2D eigenvalue weighted by atomic mass is 10.1. The van der Waals surface area contributed by atoms with E-state index in [0.29, 0.717) is 19.4 Å². The molecule has 58 heavy (non-hydrogen) atoms. The fourth-order valence-electron chi connectivity index (χ4n) is 6.63. The van der Waals surface area contributed by atoms with Crippen LogP contribution in [0.5, 0.6) is 0 Å². The minimum atomic E-state index is -0.577. The summed E-state index contributed by atoms with van der Waals surface area (Å²) in [5, 5.41) is 0. The molecule has 0 rings (SSSR count). The molecule has 0 amide bonds. The van der Waals surface area contributed by atoms with Crippen molar-refractivity contribution >= 4 is 11.9 Å². The number of allylic oxidation sites excluding steroid dienone is 11. The van der Waals surface area contributed by atoms with Crippen LogP contribution >= 0.6 is 0 Å². The third-order valence-corrected chi connectivity index (χ3v) is 10.2. The van der Waals surface area contributed by atoms with E-state index in [9.17, 15) is 9.59 Å². The standard InChI is InChI=1S/C53H92O5/c1-4-7-10-13-16-19-22-24-26-28-30-33-36-39-42-45-48-56-49-51(58-53(55)47-44-41-38-35-31-21-18-15-12-9-6-3)50-57-52(54)46-43-40-37-34-32-29-27-25-23-20-17-14-11-8-5-2/h7,10,16,19,24-27,30,33,39,42,51H,4-6,8-9,11-15,17-18,20-23,28-29,31-32,34-38,40-41,43-50H2,1-3H3/b10-7-,19-16-,26-24-,27-25-,33-30-,42-39-. The van der Waals surface area contributed by atoms with Gasteiger partial charge in [-0.3, -0.25) is 9.59 Å². The summed E-state index contributed by atoms with van der Waals surface area (Å²) in [4.78, 5) is 25.3. The van der Waals surface area contributed by atoms with Crippen LogP contribution in [0.15, 0.2) is 72.9 Å². The maximum atomic E-state index is 12.7. The number of ether oxygens (including phenoxy) is 3. The molecule has 0 saturated carbocycles. The summed E-state index contributed by atoms with van der Waals surface area (Å²) in [7, 11) is 0. The number of hydrogen-bond acceptors (Lipinski definition) is 5. The van der Waals surface area contributed by atoms with Gasteiger partial charge < -0.3 is 14.2 Å². The van der Waals surface area contributed by atoms with Gasteiger partial charge in [-0.15, -0.1) is 0 Å². The molecule has 5 nitrogen and oxygen atoms in total. The number of carbonyl (C=O) groups is 2. The van der Waals surface area contributed by atoms with E-state index in [0.717, 1.165) is 77.0 Å². The SMILES string of the molecule is CC/C=C\C/C=C\C/C=C\C/C=C\C/C=C\CCOCC(COC(=O)CCCCCCC/C=C\CCCCCCCC)OC(=O)CCCCCCCCCCCCC. The highest BCUT2D eigenvalue weighted by atomic mass is 16.6. The average molecular weight is 809 g/mol. The number of esters is 2. The smallest absolute Gasteiger partial charge is 0.306 e. The third-order valence-electron chi connectivity index (χ3n) is 10.2. The van der Waals surface area contributed by atoms with Gasteiger partial charge in [0.1, 0.15) is 6.61 Å². The maximum absolute atomic E-state index is 12.7. The van der Waals surface area contributed by atoms with Crippen molar-refractivity contribution in [2.75, 3.05) is 19.8 Å². The minimum Gasteiger partial charge on any atom is -0.462 e. The first-order chi connectivity index (χ1) is 28.6. The predicted molar refractivity (Wildman–Crippen MR) is 251 cm³/mol. The van der Waals surface area contributed by atoms with Crippen LogP contribution in [0.25, 0.3) is 0 Å². The fourth-order valence-corrected chi connectivity index (χ4v) is 6.63. The van der Waals surface area contributed by atoms with Crippen LogP contribution in [0, 0.1) is 0 Å². The van der Waals surface area contributed by atoms with E-state index in [1.54, 1.807) is 0 Å². The van der Waals surface area contributed by atoms with Crippen molar-refractivity contribution in [3.8, 4) is 0 Å². The zero-order valence-corrected chi connectivity index (χ0v) is 38.3. The Morgan fingerprint density at radius 2 is 0.776 bits per heavy atom. The van der Waals surface area contributed by atoms with Crippen LogP contribution in [0.2, 0.25) is 0 Å². The van der Waals surface area contributed by atoms with E-state index < -0.39 is 6.10 Å². The highest BCUT2D eigenvalue weighted by molar-refractivity contribution is 5.70. The second-order valence-corrected chi connectivity index (χ2v) is 16.0. The summed E-state index contributed by atoms with van der Waals surface area (Å²) >= 11 is 0. The van der Waals surface area contributed by atoms with E-state index in [4.69, 9.17) is 14.2 Å². The molecule has 0 heterocycles. The van der Waals surface area contributed by atoms with Gasteiger partial charge >= 0.3 is 11.9 Å². The molecule has 0 saturated heterocycles. The topological polar surface area (TPSA) is 61.8 Å². The summed E-state index contributed by atoms with van der Waals surface area (Å²) < 4.78 is 17.2. The van der Waals surface area contributed by atoms with Gasteiger partial charge in [0.05, 0.1) is 13.2 Å². The molecule has 5 heteroatoms. The van der Waals surface area contributed by atoms with Gasteiger partial charge in [0.2, 0.25) is 0 Å². The van der Waals surface area contributed by atoms with Crippen molar-refractivity contribution in [2.24, 2.45) is 0 Å². The Morgan fingerprint density at radius 3 is 1.24 bits per heavy atom. The van der Waals surface area contributed by atoms with Crippen molar-refractivity contribution in [2.45, 2.75) is 232 Å². The largest absolute Gasteiger partial charge is 0.462 e. The van der Waals surface area contributed by atoms with Gasteiger partial charge in [0.25, 0.3) is 0 Å². The van der Waals surface area contributed by atoms with Gasteiger partial charge in [-0.05, 0) is 77.0 Å². The van der Waals surface area contributed by atoms with Crippen molar-refractivity contribution < 1.29 is 23.8 Å². The van der Waals surface area contributed by atoms with Gasteiger partial charge in [-0.2, -0.15) is 0 Å². The van der Waals surface area contributed by atoms with Crippen molar-refractivity contribution in [1.82, 2.24) is 0 Å². The van der Waals surface area contributed by atoms with Crippen LogP contribution in [-0.2, 0) is 23.8 Å². The lowest BCUT2D eigenvalue weighted by molar-refractivity contribution is -0.162. The van der Waals surface area contributed by atoms with E-state index in [2.05, 4.69) is 93.7 Å². The first-order valence-corrected chi connectivity index (χ1v) is 24.5. The highest BCUT2D eigenvalue weighted by Crippen LogP contribution is 2.14. The summed E-state index contributed by atoms with van der Waals surface area (Å²) in [6.07, 6.45) is 62.1. The number of rotatable bonds is 44. The van der Waals surface area contributed by atoms with E-state index in [1.807, 2.05) is 0 Å². The Labute approximate surface area is 359 Å². The molecule has 0 aromatic rings. The van der Waals surface area contributed by atoms with Crippen LogP contribution in [0.1, 0.15) is 226 Å². The summed E-state index contributed by atoms with van der Waals surface area (Å²) in [5.41, 5.74) is 0. The molecule has 0 aromatic carbocycles.